The molecule has 0 spiro atoms. The van der Waals surface area contributed by atoms with E-state index in [9.17, 15) is 13.2 Å². The van der Waals surface area contributed by atoms with E-state index in [2.05, 4.69) is 4.74 Å². The molecule has 0 saturated heterocycles. The molecule has 86 valence electrons. The number of rotatable bonds is 6. The molecule has 0 aliphatic carbocycles. The fourth-order valence-electron chi connectivity index (χ4n) is 0.624. The highest BCUT2D eigenvalue weighted by Crippen LogP contribution is 2.15. The third-order valence-corrected chi connectivity index (χ3v) is 1.73. The predicted molar refractivity (Wildman–Crippen MR) is 45.7 cm³/mol. The highest BCUT2D eigenvalue weighted by Gasteiger charge is 2.28. The zero-order chi connectivity index (χ0) is 11.2. The first-order valence-electron chi connectivity index (χ1n) is 4.34. The van der Waals surface area contributed by atoms with Crippen LogP contribution in [-0.2, 0) is 9.47 Å². The summed E-state index contributed by atoms with van der Waals surface area (Å²) in [7, 11) is 0. The average molecular weight is 215 g/mol. The van der Waals surface area contributed by atoms with Crippen molar-refractivity contribution in [2.75, 3.05) is 19.8 Å². The van der Waals surface area contributed by atoms with Crippen LogP contribution in [0.3, 0.4) is 0 Å². The van der Waals surface area contributed by atoms with Gasteiger partial charge in [-0.1, -0.05) is 6.92 Å². The second-order valence-electron chi connectivity index (χ2n) is 3.35. The molecule has 0 aliphatic heterocycles. The minimum atomic E-state index is -4.58. The Morgan fingerprint density at radius 2 is 1.79 bits per heavy atom. The molecule has 1 unspecified atom stereocenters. The summed E-state index contributed by atoms with van der Waals surface area (Å²) < 4.78 is 42.9. The Bertz CT molecular complexity index is 159. The Kier molecular flexibility index (Phi) is 5.40. The zero-order valence-corrected chi connectivity index (χ0v) is 8.36. The lowest BCUT2D eigenvalue weighted by Crippen LogP contribution is -2.40. The van der Waals surface area contributed by atoms with E-state index in [4.69, 9.17) is 10.5 Å². The first kappa shape index (κ1) is 13.7. The standard InChI is InChI=1S/C8H16F3NO2/c1-3-7(2,12)6-13-4-5-14-8(9,10)11/h3-6,12H2,1-2H3. The quantitative estimate of drug-likeness (QED) is 0.685. The Morgan fingerprint density at radius 1 is 1.21 bits per heavy atom. The maximum atomic E-state index is 11.5. The van der Waals surface area contributed by atoms with Gasteiger partial charge in [-0.15, -0.1) is 13.2 Å². The number of alkyl halides is 3. The van der Waals surface area contributed by atoms with Crippen molar-refractivity contribution < 1.29 is 22.6 Å². The van der Waals surface area contributed by atoms with Gasteiger partial charge in [0.25, 0.3) is 0 Å². The fourth-order valence-corrected chi connectivity index (χ4v) is 0.624. The van der Waals surface area contributed by atoms with Gasteiger partial charge in [-0.25, -0.2) is 0 Å². The molecule has 2 N–H and O–H groups in total. The van der Waals surface area contributed by atoms with Gasteiger partial charge in [-0.2, -0.15) is 0 Å². The second-order valence-corrected chi connectivity index (χ2v) is 3.35. The smallest absolute Gasteiger partial charge is 0.377 e. The maximum absolute atomic E-state index is 11.5. The van der Waals surface area contributed by atoms with Crippen LogP contribution < -0.4 is 5.73 Å². The van der Waals surface area contributed by atoms with Crippen LogP contribution >= 0.6 is 0 Å². The van der Waals surface area contributed by atoms with E-state index in [0.717, 1.165) is 0 Å². The number of nitrogens with two attached hydrogens (primary N) is 1. The van der Waals surface area contributed by atoms with Crippen molar-refractivity contribution in [3.05, 3.63) is 0 Å². The van der Waals surface area contributed by atoms with Gasteiger partial charge in [0, 0.05) is 5.54 Å². The molecule has 6 heteroatoms. The van der Waals surface area contributed by atoms with E-state index in [0.29, 0.717) is 6.42 Å². The third kappa shape index (κ3) is 8.28. The molecule has 0 rings (SSSR count). The molecule has 0 fully saturated rings. The molecule has 0 amide bonds. The van der Waals surface area contributed by atoms with Gasteiger partial charge in [-0.3, -0.25) is 4.74 Å². The van der Waals surface area contributed by atoms with Gasteiger partial charge >= 0.3 is 6.36 Å². The monoisotopic (exact) mass is 215 g/mol. The average Bonchev–Trinajstić information content (AvgIpc) is 2.01. The summed E-state index contributed by atoms with van der Waals surface area (Å²) in [6.45, 7) is 3.29. The fraction of sp³-hybridized carbons (Fsp3) is 1.00. The molecule has 3 nitrogen and oxygen atoms in total. The van der Waals surface area contributed by atoms with Gasteiger partial charge in [0.05, 0.1) is 19.8 Å². The largest absolute Gasteiger partial charge is 0.522 e. The molecule has 1 atom stereocenters. The van der Waals surface area contributed by atoms with Crippen LogP contribution in [0.4, 0.5) is 13.2 Å². The third-order valence-electron chi connectivity index (χ3n) is 1.73. The van der Waals surface area contributed by atoms with Crippen LogP contribution in [0.1, 0.15) is 20.3 Å². The van der Waals surface area contributed by atoms with Crippen molar-refractivity contribution in [1.29, 1.82) is 0 Å². The number of halogens is 3. The van der Waals surface area contributed by atoms with Crippen LogP contribution in [0.2, 0.25) is 0 Å². The van der Waals surface area contributed by atoms with E-state index in [1.54, 1.807) is 6.92 Å². The number of hydrogen-bond acceptors (Lipinski definition) is 3. The highest BCUT2D eigenvalue weighted by atomic mass is 19.4. The minimum absolute atomic E-state index is 0.105. The van der Waals surface area contributed by atoms with E-state index in [1.165, 1.54) is 0 Å². The highest BCUT2D eigenvalue weighted by molar-refractivity contribution is 4.75. The maximum Gasteiger partial charge on any atom is 0.522 e. The summed E-state index contributed by atoms with van der Waals surface area (Å²) in [4.78, 5) is 0. The van der Waals surface area contributed by atoms with Crippen molar-refractivity contribution in [3.63, 3.8) is 0 Å². The summed E-state index contributed by atoms with van der Waals surface area (Å²) >= 11 is 0. The van der Waals surface area contributed by atoms with Crippen LogP contribution in [-0.4, -0.2) is 31.7 Å². The second kappa shape index (κ2) is 5.53. The van der Waals surface area contributed by atoms with Crippen molar-refractivity contribution in [2.24, 2.45) is 5.73 Å². The molecule has 0 aromatic heterocycles. The van der Waals surface area contributed by atoms with Crippen LogP contribution in [0.15, 0.2) is 0 Å². The molecule has 14 heavy (non-hydrogen) atoms. The summed E-state index contributed by atoms with van der Waals surface area (Å²) in [5.74, 6) is 0. The molecular weight excluding hydrogens is 199 g/mol. The molecule has 0 aromatic rings. The molecule has 0 radical (unpaired) electrons. The number of ether oxygens (including phenoxy) is 2. The summed E-state index contributed by atoms with van der Waals surface area (Å²) in [6.07, 6.45) is -3.88. The molecule has 0 aromatic carbocycles. The Balaban J connectivity index is 3.39. The van der Waals surface area contributed by atoms with Gasteiger partial charge in [0.1, 0.15) is 0 Å². The van der Waals surface area contributed by atoms with Crippen LogP contribution in [0.25, 0.3) is 0 Å². The first-order chi connectivity index (χ1) is 6.27. The molecule has 0 bridgehead atoms. The lowest BCUT2D eigenvalue weighted by Gasteiger charge is -2.22. The predicted octanol–water partition coefficient (Wildman–Crippen LogP) is 1.67. The van der Waals surface area contributed by atoms with Crippen molar-refractivity contribution >= 4 is 0 Å². The van der Waals surface area contributed by atoms with Gasteiger partial charge < -0.3 is 10.5 Å². The van der Waals surface area contributed by atoms with Crippen molar-refractivity contribution in [2.45, 2.75) is 32.2 Å². The zero-order valence-electron chi connectivity index (χ0n) is 8.36. The summed E-state index contributed by atoms with van der Waals surface area (Å²) in [5.41, 5.74) is 5.21. The SMILES string of the molecule is CCC(C)(N)COCCOC(F)(F)F. The van der Waals surface area contributed by atoms with E-state index < -0.39 is 18.5 Å². The van der Waals surface area contributed by atoms with Gasteiger partial charge in [0.2, 0.25) is 0 Å². The molecular formula is C8H16F3NO2. The molecule has 0 heterocycles. The summed E-state index contributed by atoms with van der Waals surface area (Å²) in [6, 6.07) is 0. The van der Waals surface area contributed by atoms with Crippen LogP contribution in [0.5, 0.6) is 0 Å². The Hall–Kier alpha value is -0.330. The summed E-state index contributed by atoms with van der Waals surface area (Å²) in [5, 5.41) is 0. The van der Waals surface area contributed by atoms with E-state index in [1.807, 2.05) is 6.92 Å². The normalized spacial score (nSPS) is 16.7. The first-order valence-corrected chi connectivity index (χ1v) is 4.34. The molecule has 0 saturated carbocycles. The lowest BCUT2D eigenvalue weighted by atomic mass is 10.0. The minimum Gasteiger partial charge on any atom is -0.377 e. The lowest BCUT2D eigenvalue weighted by molar-refractivity contribution is -0.327. The van der Waals surface area contributed by atoms with Crippen molar-refractivity contribution in [1.82, 2.24) is 0 Å². The Morgan fingerprint density at radius 3 is 2.21 bits per heavy atom. The van der Waals surface area contributed by atoms with E-state index in [-0.39, 0.29) is 13.2 Å². The van der Waals surface area contributed by atoms with Crippen molar-refractivity contribution in [3.8, 4) is 0 Å². The van der Waals surface area contributed by atoms with Gasteiger partial charge in [-0.05, 0) is 13.3 Å². The van der Waals surface area contributed by atoms with Gasteiger partial charge in [0.15, 0.2) is 0 Å². The van der Waals surface area contributed by atoms with E-state index >= 15 is 0 Å². The Labute approximate surface area is 81.4 Å². The number of hydrogen-bond donors (Lipinski definition) is 1. The molecule has 0 aliphatic rings. The van der Waals surface area contributed by atoms with Crippen LogP contribution in [0, 0.1) is 0 Å². The topological polar surface area (TPSA) is 44.5 Å².